The molecule has 7 heteroatoms. The molecule has 27 heavy (non-hydrogen) atoms. The number of carbonyl (C=O) groups is 1. The first kappa shape index (κ1) is 20.8. The smallest absolute Gasteiger partial charge is 0.233 e. The summed E-state index contributed by atoms with van der Waals surface area (Å²) in [6.07, 6.45) is 1.67. The van der Waals surface area contributed by atoms with Crippen molar-refractivity contribution in [2.45, 2.75) is 19.8 Å². The third kappa shape index (κ3) is 7.30. The molecular formula is C20H26N2O4S. The molecule has 0 spiro atoms. The second-order valence-electron chi connectivity index (χ2n) is 6.40. The molecule has 0 aliphatic heterocycles. The standard InChI is InChI=1S/C20H26N2O4S/c1-16(20(23)21-13-7-10-17-8-4-3-5-9-17)15-27(24,25)22-18-11-6-12-19(14-18)26-2/h3-6,8-9,11-12,14,16,22H,7,10,13,15H2,1-2H3,(H,21,23). The molecule has 0 aliphatic rings. The van der Waals surface area contributed by atoms with E-state index in [9.17, 15) is 13.2 Å². The number of rotatable bonds is 10. The van der Waals surface area contributed by atoms with Gasteiger partial charge in [-0.05, 0) is 30.5 Å². The highest BCUT2D eigenvalue weighted by Gasteiger charge is 2.21. The van der Waals surface area contributed by atoms with Crippen LogP contribution in [0.4, 0.5) is 5.69 Å². The Balaban J connectivity index is 1.78. The highest BCUT2D eigenvalue weighted by Crippen LogP contribution is 2.18. The van der Waals surface area contributed by atoms with E-state index in [0.717, 1.165) is 12.8 Å². The van der Waals surface area contributed by atoms with Crippen molar-refractivity contribution in [2.24, 2.45) is 5.92 Å². The van der Waals surface area contributed by atoms with Crippen molar-refractivity contribution < 1.29 is 17.9 Å². The lowest BCUT2D eigenvalue weighted by atomic mass is 10.1. The Morgan fingerprint density at radius 1 is 1.11 bits per heavy atom. The Kier molecular flexibility index (Phi) is 7.67. The first-order valence-corrected chi connectivity index (χ1v) is 10.5. The molecule has 0 heterocycles. The summed E-state index contributed by atoms with van der Waals surface area (Å²) in [6, 6.07) is 16.7. The summed E-state index contributed by atoms with van der Waals surface area (Å²) < 4.78 is 32.2. The molecule has 1 amide bonds. The molecule has 1 atom stereocenters. The Morgan fingerprint density at radius 3 is 2.56 bits per heavy atom. The van der Waals surface area contributed by atoms with Crippen LogP contribution in [0.2, 0.25) is 0 Å². The third-order valence-corrected chi connectivity index (χ3v) is 5.53. The third-order valence-electron chi connectivity index (χ3n) is 4.04. The highest BCUT2D eigenvalue weighted by molar-refractivity contribution is 7.92. The van der Waals surface area contributed by atoms with Crippen molar-refractivity contribution in [1.29, 1.82) is 0 Å². The van der Waals surface area contributed by atoms with E-state index in [4.69, 9.17) is 4.74 Å². The Bertz CT molecular complexity index is 838. The predicted molar refractivity (Wildman–Crippen MR) is 107 cm³/mol. The normalized spacial score (nSPS) is 12.2. The lowest BCUT2D eigenvalue weighted by Gasteiger charge is -2.14. The van der Waals surface area contributed by atoms with Gasteiger partial charge in [-0.1, -0.05) is 43.3 Å². The summed E-state index contributed by atoms with van der Waals surface area (Å²) in [7, 11) is -2.13. The molecule has 0 aliphatic carbocycles. The van der Waals surface area contributed by atoms with Gasteiger partial charge >= 0.3 is 0 Å². The van der Waals surface area contributed by atoms with Crippen LogP contribution in [0.25, 0.3) is 0 Å². The summed E-state index contributed by atoms with van der Waals surface area (Å²) in [5, 5.41) is 2.81. The first-order valence-electron chi connectivity index (χ1n) is 8.86. The fraction of sp³-hybridized carbons (Fsp3) is 0.350. The molecule has 146 valence electrons. The van der Waals surface area contributed by atoms with Gasteiger partial charge in [-0.2, -0.15) is 0 Å². The quantitative estimate of drug-likeness (QED) is 0.611. The first-order chi connectivity index (χ1) is 12.9. The Labute approximate surface area is 161 Å². The predicted octanol–water partition coefficient (Wildman–Crippen LogP) is 2.82. The summed E-state index contributed by atoms with van der Waals surface area (Å²) in [5.74, 6) is -0.641. The van der Waals surface area contributed by atoms with Gasteiger partial charge in [-0.15, -0.1) is 0 Å². The maximum absolute atomic E-state index is 12.3. The number of benzene rings is 2. The summed E-state index contributed by atoms with van der Waals surface area (Å²) >= 11 is 0. The van der Waals surface area contributed by atoms with Crippen molar-refractivity contribution in [3.63, 3.8) is 0 Å². The van der Waals surface area contributed by atoms with E-state index in [2.05, 4.69) is 10.0 Å². The molecule has 0 bridgehead atoms. The second-order valence-corrected chi connectivity index (χ2v) is 8.16. The molecule has 2 aromatic carbocycles. The minimum Gasteiger partial charge on any atom is -0.497 e. The van der Waals surface area contributed by atoms with Crippen molar-refractivity contribution in [3.05, 3.63) is 60.2 Å². The van der Waals surface area contributed by atoms with Gasteiger partial charge < -0.3 is 10.1 Å². The topological polar surface area (TPSA) is 84.5 Å². The van der Waals surface area contributed by atoms with Crippen LogP contribution in [0.3, 0.4) is 0 Å². The van der Waals surface area contributed by atoms with Gasteiger partial charge in [0.05, 0.1) is 24.5 Å². The van der Waals surface area contributed by atoms with E-state index in [1.165, 1.54) is 12.7 Å². The van der Waals surface area contributed by atoms with Crippen LogP contribution in [0.5, 0.6) is 5.75 Å². The molecule has 6 nitrogen and oxygen atoms in total. The molecule has 2 aromatic rings. The average molecular weight is 391 g/mol. The lowest BCUT2D eigenvalue weighted by Crippen LogP contribution is -2.35. The molecular weight excluding hydrogens is 364 g/mol. The maximum Gasteiger partial charge on any atom is 0.233 e. The Morgan fingerprint density at radius 2 is 1.85 bits per heavy atom. The summed E-state index contributed by atoms with van der Waals surface area (Å²) in [5.41, 5.74) is 1.62. The number of sulfonamides is 1. The maximum atomic E-state index is 12.3. The Hall–Kier alpha value is -2.54. The molecule has 0 saturated carbocycles. The molecule has 0 radical (unpaired) electrons. The minimum absolute atomic E-state index is 0.265. The van der Waals surface area contributed by atoms with Gasteiger partial charge in [-0.3, -0.25) is 9.52 Å². The number of hydrogen-bond donors (Lipinski definition) is 2. The van der Waals surface area contributed by atoms with Crippen molar-refractivity contribution >= 4 is 21.6 Å². The van der Waals surface area contributed by atoms with Crippen molar-refractivity contribution in [2.75, 3.05) is 24.1 Å². The van der Waals surface area contributed by atoms with Gasteiger partial charge in [0.25, 0.3) is 0 Å². The number of hydrogen-bond acceptors (Lipinski definition) is 4. The van der Waals surface area contributed by atoms with Gasteiger partial charge in [0.15, 0.2) is 0 Å². The number of ether oxygens (including phenoxy) is 1. The zero-order valence-electron chi connectivity index (χ0n) is 15.6. The van der Waals surface area contributed by atoms with Crippen LogP contribution in [-0.2, 0) is 21.2 Å². The average Bonchev–Trinajstić information content (AvgIpc) is 2.65. The fourth-order valence-corrected chi connectivity index (χ4v) is 4.01. The second kappa shape index (κ2) is 9.97. The lowest BCUT2D eigenvalue weighted by molar-refractivity contribution is -0.123. The van der Waals surface area contributed by atoms with Crippen LogP contribution in [0.1, 0.15) is 18.9 Å². The number of anilines is 1. The highest BCUT2D eigenvalue weighted by atomic mass is 32.2. The van der Waals surface area contributed by atoms with E-state index < -0.39 is 15.9 Å². The van der Waals surface area contributed by atoms with Crippen LogP contribution < -0.4 is 14.8 Å². The molecule has 1 unspecified atom stereocenters. The number of amides is 1. The van der Waals surface area contributed by atoms with Crippen molar-refractivity contribution in [1.82, 2.24) is 5.32 Å². The van der Waals surface area contributed by atoms with Crippen LogP contribution >= 0.6 is 0 Å². The van der Waals surface area contributed by atoms with Gasteiger partial charge in [0.1, 0.15) is 5.75 Å². The largest absolute Gasteiger partial charge is 0.497 e. The van der Waals surface area contributed by atoms with Gasteiger partial charge in [0, 0.05) is 12.6 Å². The van der Waals surface area contributed by atoms with Gasteiger partial charge in [0.2, 0.25) is 15.9 Å². The number of aryl methyl sites for hydroxylation is 1. The van der Waals surface area contributed by atoms with Crippen LogP contribution in [0, 0.1) is 5.92 Å². The van der Waals surface area contributed by atoms with E-state index in [-0.39, 0.29) is 11.7 Å². The number of carbonyl (C=O) groups excluding carboxylic acids is 1. The van der Waals surface area contributed by atoms with Gasteiger partial charge in [-0.25, -0.2) is 8.42 Å². The summed E-state index contributed by atoms with van der Waals surface area (Å²) in [4.78, 5) is 12.2. The van der Waals surface area contributed by atoms with E-state index in [0.29, 0.717) is 18.0 Å². The molecule has 0 saturated heterocycles. The van der Waals surface area contributed by atoms with Crippen LogP contribution in [0.15, 0.2) is 54.6 Å². The minimum atomic E-state index is -3.64. The van der Waals surface area contributed by atoms with E-state index in [1.54, 1.807) is 31.2 Å². The molecule has 0 fully saturated rings. The van der Waals surface area contributed by atoms with E-state index in [1.807, 2.05) is 30.3 Å². The number of nitrogens with one attached hydrogen (secondary N) is 2. The fourth-order valence-electron chi connectivity index (χ4n) is 2.64. The SMILES string of the molecule is COc1cccc(NS(=O)(=O)CC(C)C(=O)NCCCc2ccccc2)c1. The van der Waals surface area contributed by atoms with Crippen molar-refractivity contribution in [3.8, 4) is 5.75 Å². The molecule has 2 rings (SSSR count). The molecule has 2 N–H and O–H groups in total. The summed E-state index contributed by atoms with van der Waals surface area (Å²) in [6.45, 7) is 2.12. The number of methoxy groups -OCH3 is 1. The zero-order valence-corrected chi connectivity index (χ0v) is 16.5. The van der Waals surface area contributed by atoms with Crippen LogP contribution in [-0.4, -0.2) is 33.7 Å². The zero-order chi connectivity index (χ0) is 19.7. The monoisotopic (exact) mass is 390 g/mol. The van der Waals surface area contributed by atoms with E-state index >= 15 is 0 Å². The molecule has 0 aromatic heterocycles.